The van der Waals surface area contributed by atoms with E-state index in [-0.39, 0.29) is 34.2 Å². The Morgan fingerprint density at radius 1 is 1.12 bits per heavy atom. The highest BCUT2D eigenvalue weighted by atomic mass is 19.4. The molecule has 3 aromatic rings. The zero-order chi connectivity index (χ0) is 18.2. The molecule has 0 aliphatic heterocycles. The van der Waals surface area contributed by atoms with Crippen LogP contribution in [0.1, 0.15) is 15.9 Å². The first-order chi connectivity index (χ1) is 11.8. The molecule has 0 amide bonds. The Kier molecular flexibility index (Phi) is 3.91. The molecule has 0 radical (unpaired) electrons. The van der Waals surface area contributed by atoms with Gasteiger partial charge in [-0.15, -0.1) is 0 Å². The van der Waals surface area contributed by atoms with E-state index in [1.807, 2.05) is 0 Å². The van der Waals surface area contributed by atoms with Crippen molar-refractivity contribution in [2.45, 2.75) is 6.18 Å². The average molecular weight is 350 g/mol. The minimum absolute atomic E-state index is 0.0122. The normalized spacial score (nSPS) is 11.5. The Hall–Kier alpha value is -3.36. The second-order valence-electron chi connectivity index (χ2n) is 5.04. The van der Waals surface area contributed by atoms with E-state index in [1.165, 1.54) is 18.2 Å². The van der Waals surface area contributed by atoms with Gasteiger partial charge in [-0.1, -0.05) is 11.2 Å². The molecule has 2 aromatic carbocycles. The number of halogens is 3. The number of aromatic carboxylic acids is 1. The van der Waals surface area contributed by atoms with Crippen molar-refractivity contribution in [1.29, 1.82) is 0 Å². The first-order valence-electron chi connectivity index (χ1n) is 6.84. The van der Waals surface area contributed by atoms with E-state index in [4.69, 9.17) is 9.63 Å². The zero-order valence-electron chi connectivity index (χ0n) is 12.3. The number of benzene rings is 2. The number of alkyl halides is 3. The Balaban J connectivity index is 2.02. The highest BCUT2D eigenvalue weighted by Crippen LogP contribution is 2.33. The van der Waals surface area contributed by atoms with Gasteiger partial charge >= 0.3 is 12.1 Å². The summed E-state index contributed by atoms with van der Waals surface area (Å²) in [5, 5.41) is 22.4. The van der Waals surface area contributed by atoms with Crippen molar-refractivity contribution in [2.24, 2.45) is 0 Å². The molecule has 1 aromatic heterocycles. The fourth-order valence-electron chi connectivity index (χ4n) is 2.13. The maximum Gasteiger partial charge on any atom is 0.416 e. The molecule has 0 aliphatic rings. The number of hydrogen-bond acceptors (Lipinski definition) is 5. The highest BCUT2D eigenvalue weighted by Gasteiger charge is 2.31. The molecule has 0 saturated carbocycles. The first kappa shape index (κ1) is 16.5. The number of carboxylic acid groups (broad SMARTS) is 1. The predicted octanol–water partition coefficient (Wildman–Crippen LogP) is 3.83. The van der Waals surface area contributed by atoms with E-state index >= 15 is 0 Å². The molecule has 0 unspecified atom stereocenters. The summed E-state index contributed by atoms with van der Waals surface area (Å²) in [5.74, 6) is -1.85. The highest BCUT2D eigenvalue weighted by molar-refractivity contribution is 5.90. The molecule has 128 valence electrons. The number of hydrogen-bond donors (Lipinski definition) is 2. The Labute approximate surface area is 138 Å². The molecule has 1 heterocycles. The average Bonchev–Trinajstić information content (AvgIpc) is 3.04. The molecule has 0 saturated heterocycles. The van der Waals surface area contributed by atoms with Gasteiger partial charge in [-0.3, -0.25) is 0 Å². The zero-order valence-corrected chi connectivity index (χ0v) is 12.3. The summed E-state index contributed by atoms with van der Waals surface area (Å²) in [6.45, 7) is 0. The standard InChI is InChI=1S/C16H9F3N2O4/c17-16(18,19)10-3-1-2-8(6-10)14-20-13(21-25-14)11-7-9(15(23)24)4-5-12(11)22/h1-7,22H,(H,23,24). The molecule has 6 nitrogen and oxygen atoms in total. The van der Waals surface area contributed by atoms with Gasteiger partial charge in [0.1, 0.15) is 5.75 Å². The van der Waals surface area contributed by atoms with E-state index in [1.54, 1.807) is 0 Å². The van der Waals surface area contributed by atoms with E-state index in [0.717, 1.165) is 24.3 Å². The molecule has 0 spiro atoms. The van der Waals surface area contributed by atoms with Crippen LogP contribution in [0.2, 0.25) is 0 Å². The van der Waals surface area contributed by atoms with Gasteiger partial charge in [0.25, 0.3) is 5.89 Å². The molecular weight excluding hydrogens is 341 g/mol. The van der Waals surface area contributed by atoms with E-state index in [2.05, 4.69) is 10.1 Å². The van der Waals surface area contributed by atoms with Crippen LogP contribution < -0.4 is 0 Å². The molecule has 3 rings (SSSR count). The number of carboxylic acids is 1. The Morgan fingerprint density at radius 2 is 1.88 bits per heavy atom. The van der Waals surface area contributed by atoms with E-state index in [9.17, 15) is 23.1 Å². The summed E-state index contributed by atoms with van der Waals surface area (Å²) in [6.07, 6.45) is -4.52. The van der Waals surface area contributed by atoms with Crippen molar-refractivity contribution < 1.29 is 32.7 Å². The summed E-state index contributed by atoms with van der Waals surface area (Å²) < 4.78 is 43.3. The molecule has 0 fully saturated rings. The van der Waals surface area contributed by atoms with Crippen LogP contribution >= 0.6 is 0 Å². The van der Waals surface area contributed by atoms with Gasteiger partial charge in [0.2, 0.25) is 5.82 Å². The van der Waals surface area contributed by atoms with Gasteiger partial charge in [-0.25, -0.2) is 4.79 Å². The van der Waals surface area contributed by atoms with Crippen LogP contribution in [0, 0.1) is 0 Å². The van der Waals surface area contributed by atoms with Crippen LogP contribution in [0.15, 0.2) is 47.0 Å². The van der Waals surface area contributed by atoms with Crippen LogP contribution in [-0.4, -0.2) is 26.3 Å². The lowest BCUT2D eigenvalue weighted by atomic mass is 10.1. The maximum absolute atomic E-state index is 12.8. The number of carbonyl (C=O) groups is 1. The second kappa shape index (κ2) is 5.93. The maximum atomic E-state index is 12.8. The van der Waals surface area contributed by atoms with Gasteiger partial charge in [0.05, 0.1) is 16.7 Å². The molecule has 25 heavy (non-hydrogen) atoms. The number of aromatic hydroxyl groups is 1. The van der Waals surface area contributed by atoms with Crippen molar-refractivity contribution in [2.75, 3.05) is 0 Å². The Bertz CT molecular complexity index is 951. The topological polar surface area (TPSA) is 96.5 Å². The quantitative estimate of drug-likeness (QED) is 0.745. The fraction of sp³-hybridized carbons (Fsp3) is 0.0625. The van der Waals surface area contributed by atoms with E-state index < -0.39 is 17.7 Å². The van der Waals surface area contributed by atoms with Gasteiger partial charge in [-0.05, 0) is 36.4 Å². The smallest absolute Gasteiger partial charge is 0.416 e. The molecule has 0 bridgehead atoms. The van der Waals surface area contributed by atoms with E-state index in [0.29, 0.717) is 0 Å². The lowest BCUT2D eigenvalue weighted by Crippen LogP contribution is -2.04. The monoisotopic (exact) mass is 350 g/mol. The van der Waals surface area contributed by atoms with Crippen LogP contribution in [0.5, 0.6) is 5.75 Å². The minimum atomic E-state index is -4.52. The van der Waals surface area contributed by atoms with Crippen LogP contribution in [0.3, 0.4) is 0 Å². The third kappa shape index (κ3) is 3.30. The van der Waals surface area contributed by atoms with Crippen molar-refractivity contribution in [3.63, 3.8) is 0 Å². The van der Waals surface area contributed by atoms with Crippen LogP contribution in [-0.2, 0) is 6.18 Å². The largest absolute Gasteiger partial charge is 0.507 e. The SMILES string of the molecule is O=C(O)c1ccc(O)c(-c2noc(-c3cccc(C(F)(F)F)c3)n2)c1. The van der Waals surface area contributed by atoms with Gasteiger partial charge in [0.15, 0.2) is 0 Å². The third-order valence-corrected chi connectivity index (χ3v) is 3.35. The minimum Gasteiger partial charge on any atom is -0.507 e. The molecular formula is C16H9F3N2O4. The lowest BCUT2D eigenvalue weighted by molar-refractivity contribution is -0.137. The summed E-state index contributed by atoms with van der Waals surface area (Å²) in [5.41, 5.74) is -0.956. The van der Waals surface area contributed by atoms with Gasteiger partial charge < -0.3 is 14.7 Å². The second-order valence-corrected chi connectivity index (χ2v) is 5.04. The van der Waals surface area contributed by atoms with Crippen molar-refractivity contribution in [1.82, 2.24) is 10.1 Å². The molecule has 0 aliphatic carbocycles. The Morgan fingerprint density at radius 3 is 2.56 bits per heavy atom. The number of rotatable bonds is 3. The van der Waals surface area contributed by atoms with Crippen LogP contribution in [0.25, 0.3) is 22.8 Å². The third-order valence-electron chi connectivity index (χ3n) is 3.35. The van der Waals surface area contributed by atoms with Gasteiger partial charge in [0, 0.05) is 5.56 Å². The van der Waals surface area contributed by atoms with Crippen molar-refractivity contribution in [3.8, 4) is 28.6 Å². The number of phenolic OH excluding ortho intramolecular Hbond substituents is 1. The number of aromatic nitrogens is 2. The van der Waals surface area contributed by atoms with Gasteiger partial charge in [-0.2, -0.15) is 18.2 Å². The molecule has 2 N–H and O–H groups in total. The molecule has 9 heteroatoms. The first-order valence-corrected chi connectivity index (χ1v) is 6.84. The predicted molar refractivity (Wildman–Crippen MR) is 78.8 cm³/mol. The summed E-state index contributed by atoms with van der Waals surface area (Å²) in [4.78, 5) is 14.9. The summed E-state index contributed by atoms with van der Waals surface area (Å²) in [7, 11) is 0. The lowest BCUT2D eigenvalue weighted by Gasteiger charge is -2.06. The fourth-order valence-corrected chi connectivity index (χ4v) is 2.13. The summed E-state index contributed by atoms with van der Waals surface area (Å²) >= 11 is 0. The molecule has 0 atom stereocenters. The number of nitrogens with zero attached hydrogens (tertiary/aromatic N) is 2. The van der Waals surface area contributed by atoms with Crippen molar-refractivity contribution >= 4 is 5.97 Å². The summed E-state index contributed by atoms with van der Waals surface area (Å²) in [6, 6.07) is 7.80. The number of phenols is 1. The van der Waals surface area contributed by atoms with Crippen molar-refractivity contribution in [3.05, 3.63) is 53.6 Å². The van der Waals surface area contributed by atoms with Crippen LogP contribution in [0.4, 0.5) is 13.2 Å².